The van der Waals surface area contributed by atoms with E-state index in [0.29, 0.717) is 27.5 Å². The molecule has 32 heavy (non-hydrogen) atoms. The highest BCUT2D eigenvalue weighted by molar-refractivity contribution is 6.30. The zero-order valence-electron chi connectivity index (χ0n) is 16.9. The van der Waals surface area contributed by atoms with Crippen LogP contribution in [0, 0.1) is 0 Å². The second kappa shape index (κ2) is 9.36. The van der Waals surface area contributed by atoms with E-state index < -0.39 is 11.9 Å². The number of halogens is 1. The highest BCUT2D eigenvalue weighted by atomic mass is 35.5. The fourth-order valence-electron chi connectivity index (χ4n) is 2.91. The molecule has 1 aromatic heterocycles. The average Bonchev–Trinajstić information content (AvgIpc) is 3.25. The number of hydrogen-bond acceptors (Lipinski definition) is 6. The molecule has 1 heterocycles. The van der Waals surface area contributed by atoms with Gasteiger partial charge in [-0.1, -0.05) is 29.8 Å². The summed E-state index contributed by atoms with van der Waals surface area (Å²) in [6.07, 6.45) is 1.44. The molecule has 0 fully saturated rings. The fraction of sp³-hybridized carbons (Fsp3) is 0.0417. The van der Waals surface area contributed by atoms with Gasteiger partial charge < -0.3 is 13.9 Å². The second-order valence-corrected chi connectivity index (χ2v) is 7.09. The van der Waals surface area contributed by atoms with Crippen LogP contribution in [0.1, 0.15) is 26.5 Å². The van der Waals surface area contributed by atoms with Gasteiger partial charge in [0.25, 0.3) is 0 Å². The molecule has 0 bridgehead atoms. The topological polar surface area (TPSA) is 90.1 Å². The first-order valence-corrected chi connectivity index (χ1v) is 9.89. The minimum Gasteiger partial charge on any atom is -0.493 e. The van der Waals surface area contributed by atoms with E-state index >= 15 is 0 Å². The third kappa shape index (κ3) is 4.79. The number of methoxy groups -OCH3 is 1. The molecule has 0 aliphatic carbocycles. The number of ether oxygens (including phenoxy) is 2. The van der Waals surface area contributed by atoms with Gasteiger partial charge in [-0.25, -0.2) is 10.2 Å². The monoisotopic (exact) mass is 448 g/mol. The molecular formula is C24H17ClN2O5. The number of benzene rings is 3. The van der Waals surface area contributed by atoms with Gasteiger partial charge in [-0.3, -0.25) is 4.79 Å². The molecule has 0 unspecified atom stereocenters. The van der Waals surface area contributed by atoms with Crippen molar-refractivity contribution in [1.29, 1.82) is 0 Å². The summed E-state index contributed by atoms with van der Waals surface area (Å²) in [5.74, 6) is -0.279. The number of furan rings is 1. The van der Waals surface area contributed by atoms with Crippen LogP contribution in [0.25, 0.3) is 11.0 Å². The fourth-order valence-corrected chi connectivity index (χ4v) is 3.03. The summed E-state index contributed by atoms with van der Waals surface area (Å²) in [5.41, 5.74) is 4.02. The van der Waals surface area contributed by atoms with Crippen molar-refractivity contribution in [2.75, 3.05) is 7.11 Å². The molecule has 4 rings (SSSR count). The number of para-hydroxylation sites is 1. The Morgan fingerprint density at radius 2 is 1.78 bits per heavy atom. The highest BCUT2D eigenvalue weighted by Gasteiger charge is 2.13. The number of rotatable bonds is 6. The number of hydrazone groups is 1. The van der Waals surface area contributed by atoms with Crippen LogP contribution >= 0.6 is 11.6 Å². The molecule has 0 aliphatic rings. The Labute approximate surface area is 188 Å². The lowest BCUT2D eigenvalue weighted by molar-refractivity contribution is 0.0729. The number of hydrogen-bond donors (Lipinski definition) is 1. The molecule has 8 heteroatoms. The molecule has 0 aliphatic heterocycles. The maximum absolute atomic E-state index is 12.3. The molecule has 0 atom stereocenters. The third-order valence-electron chi connectivity index (χ3n) is 4.50. The maximum Gasteiger partial charge on any atom is 0.343 e. The summed E-state index contributed by atoms with van der Waals surface area (Å²) < 4.78 is 16.2. The minimum atomic E-state index is -0.542. The lowest BCUT2D eigenvalue weighted by Crippen LogP contribution is -2.16. The minimum absolute atomic E-state index is 0.158. The Morgan fingerprint density at radius 1 is 1.00 bits per heavy atom. The van der Waals surface area contributed by atoms with Crippen molar-refractivity contribution < 1.29 is 23.5 Å². The number of amides is 1. The van der Waals surface area contributed by atoms with Gasteiger partial charge in [0.05, 0.1) is 18.9 Å². The van der Waals surface area contributed by atoms with Gasteiger partial charge in [-0.2, -0.15) is 5.10 Å². The van der Waals surface area contributed by atoms with Crippen molar-refractivity contribution in [1.82, 2.24) is 5.43 Å². The number of nitrogens with zero attached hydrogens (tertiary/aromatic N) is 1. The first kappa shape index (κ1) is 21.1. The van der Waals surface area contributed by atoms with E-state index in [2.05, 4.69) is 10.5 Å². The van der Waals surface area contributed by atoms with E-state index in [4.69, 9.17) is 25.5 Å². The van der Waals surface area contributed by atoms with E-state index in [0.717, 1.165) is 5.39 Å². The smallest absolute Gasteiger partial charge is 0.343 e. The SMILES string of the molecule is COc1cc(C=NNC(=O)c2cc3ccccc3o2)ccc1OC(=O)c1ccc(Cl)cc1. The van der Waals surface area contributed by atoms with Crippen LogP contribution in [0.4, 0.5) is 0 Å². The number of fused-ring (bicyclic) bond motifs is 1. The summed E-state index contributed by atoms with van der Waals surface area (Å²) in [5, 5.41) is 5.30. The van der Waals surface area contributed by atoms with Crippen molar-refractivity contribution in [3.8, 4) is 11.5 Å². The molecule has 1 N–H and O–H groups in total. The van der Waals surface area contributed by atoms with Crippen LogP contribution in [0.15, 0.2) is 82.3 Å². The van der Waals surface area contributed by atoms with Crippen LogP contribution in [0.5, 0.6) is 11.5 Å². The predicted octanol–water partition coefficient (Wildman–Crippen LogP) is 5.08. The molecule has 7 nitrogen and oxygen atoms in total. The summed E-state index contributed by atoms with van der Waals surface area (Å²) in [4.78, 5) is 24.6. The van der Waals surface area contributed by atoms with E-state index in [1.165, 1.54) is 13.3 Å². The van der Waals surface area contributed by atoms with E-state index in [9.17, 15) is 9.59 Å². The van der Waals surface area contributed by atoms with Gasteiger partial charge >= 0.3 is 11.9 Å². The van der Waals surface area contributed by atoms with Crippen molar-refractivity contribution in [3.63, 3.8) is 0 Å². The Morgan fingerprint density at radius 3 is 2.53 bits per heavy atom. The first-order chi connectivity index (χ1) is 15.5. The maximum atomic E-state index is 12.3. The van der Waals surface area contributed by atoms with Crippen molar-refractivity contribution in [2.24, 2.45) is 5.10 Å². The summed E-state index contributed by atoms with van der Waals surface area (Å²) in [6, 6.07) is 20.2. The van der Waals surface area contributed by atoms with Gasteiger partial charge in [0.1, 0.15) is 5.58 Å². The Hall–Kier alpha value is -4.10. The quantitative estimate of drug-likeness (QED) is 0.192. The zero-order chi connectivity index (χ0) is 22.5. The van der Waals surface area contributed by atoms with Gasteiger partial charge in [-0.15, -0.1) is 0 Å². The average molecular weight is 449 g/mol. The molecule has 4 aromatic rings. The third-order valence-corrected chi connectivity index (χ3v) is 4.75. The normalized spacial score (nSPS) is 10.9. The largest absolute Gasteiger partial charge is 0.493 e. The van der Waals surface area contributed by atoms with E-state index in [1.807, 2.05) is 18.2 Å². The van der Waals surface area contributed by atoms with Gasteiger partial charge in [0, 0.05) is 10.4 Å². The van der Waals surface area contributed by atoms with Crippen LogP contribution in [0.3, 0.4) is 0 Å². The van der Waals surface area contributed by atoms with E-state index in [-0.39, 0.29) is 11.5 Å². The highest BCUT2D eigenvalue weighted by Crippen LogP contribution is 2.28. The molecular weight excluding hydrogens is 432 g/mol. The summed E-state index contributed by atoms with van der Waals surface area (Å²) in [6.45, 7) is 0. The number of carbonyl (C=O) groups excluding carboxylic acids is 2. The number of esters is 1. The van der Waals surface area contributed by atoms with Gasteiger partial charge in [0.15, 0.2) is 17.3 Å². The molecule has 160 valence electrons. The second-order valence-electron chi connectivity index (χ2n) is 6.65. The standard InChI is InChI=1S/C24H17ClN2O5/c1-30-21-12-15(6-11-20(21)32-24(29)16-7-9-18(25)10-8-16)14-26-27-23(28)22-13-17-4-2-3-5-19(17)31-22/h2-14H,1H3,(H,27,28). The van der Waals surface area contributed by atoms with Gasteiger partial charge in [-0.05, 0) is 60.2 Å². The summed E-state index contributed by atoms with van der Waals surface area (Å²) in [7, 11) is 1.46. The van der Waals surface area contributed by atoms with Crippen molar-refractivity contribution in [2.45, 2.75) is 0 Å². The molecule has 0 saturated heterocycles. The van der Waals surface area contributed by atoms with E-state index in [1.54, 1.807) is 54.6 Å². The molecule has 0 spiro atoms. The van der Waals surface area contributed by atoms with Crippen molar-refractivity contribution in [3.05, 3.63) is 94.7 Å². The Kier molecular flexibility index (Phi) is 6.19. The van der Waals surface area contributed by atoms with Crippen LogP contribution in [-0.2, 0) is 0 Å². The van der Waals surface area contributed by atoms with Crippen LogP contribution in [0.2, 0.25) is 5.02 Å². The molecule has 0 saturated carbocycles. The van der Waals surface area contributed by atoms with Gasteiger partial charge in [0.2, 0.25) is 0 Å². The molecule has 1 amide bonds. The Bertz CT molecular complexity index is 1280. The van der Waals surface area contributed by atoms with Crippen LogP contribution in [-0.4, -0.2) is 25.2 Å². The lowest BCUT2D eigenvalue weighted by Gasteiger charge is -2.10. The predicted molar refractivity (Wildman–Crippen MR) is 121 cm³/mol. The molecule has 3 aromatic carbocycles. The summed E-state index contributed by atoms with van der Waals surface area (Å²) >= 11 is 5.84. The first-order valence-electron chi connectivity index (χ1n) is 9.51. The number of nitrogens with one attached hydrogen (secondary N) is 1. The van der Waals surface area contributed by atoms with Crippen molar-refractivity contribution >= 4 is 40.7 Å². The zero-order valence-corrected chi connectivity index (χ0v) is 17.6. The lowest BCUT2D eigenvalue weighted by atomic mass is 10.2. The molecule has 0 radical (unpaired) electrons. The number of carbonyl (C=O) groups is 2. The Balaban J connectivity index is 1.42. The van der Waals surface area contributed by atoms with Crippen LogP contribution < -0.4 is 14.9 Å².